The molecule has 0 radical (unpaired) electrons. The molecule has 0 unspecified atom stereocenters. The number of para-hydroxylation sites is 2. The minimum absolute atomic E-state index is 0.182. The lowest BCUT2D eigenvalue weighted by molar-refractivity contribution is -0.135. The molecule has 0 spiro atoms. The first-order valence-corrected chi connectivity index (χ1v) is 7.10. The van der Waals surface area contributed by atoms with Crippen molar-refractivity contribution >= 4 is 16.9 Å². The zero-order valence-corrected chi connectivity index (χ0v) is 12.3. The summed E-state index contributed by atoms with van der Waals surface area (Å²) in [5, 5.41) is 0. The van der Waals surface area contributed by atoms with Gasteiger partial charge in [-0.15, -0.1) is 0 Å². The summed E-state index contributed by atoms with van der Waals surface area (Å²) in [6, 6.07) is 17.4. The molecule has 0 atom stereocenters. The Hall–Kier alpha value is -2.66. The standard InChI is InChI=1S/C17H17N3O2/c1-13-18-15-9-5-6-10-16(15)20(13)11-17(21)19-22-12-14-7-3-2-4-8-14/h2-10H,11-12H2,1H3,(H,19,21). The van der Waals surface area contributed by atoms with Gasteiger partial charge in [-0.3, -0.25) is 9.63 Å². The Balaban J connectivity index is 1.60. The van der Waals surface area contributed by atoms with Gasteiger partial charge < -0.3 is 4.57 Å². The molecule has 5 heteroatoms. The van der Waals surface area contributed by atoms with E-state index in [0.717, 1.165) is 22.4 Å². The Morgan fingerprint density at radius 2 is 1.86 bits per heavy atom. The van der Waals surface area contributed by atoms with Crippen LogP contribution in [0, 0.1) is 6.92 Å². The largest absolute Gasteiger partial charge is 0.319 e. The second kappa shape index (κ2) is 6.41. The highest BCUT2D eigenvalue weighted by Gasteiger charge is 2.10. The van der Waals surface area contributed by atoms with Gasteiger partial charge in [-0.1, -0.05) is 42.5 Å². The molecule has 1 heterocycles. The SMILES string of the molecule is Cc1nc2ccccc2n1CC(=O)NOCc1ccccc1. The molecule has 1 amide bonds. The number of hydrogen-bond acceptors (Lipinski definition) is 3. The number of hydroxylamine groups is 1. The van der Waals surface area contributed by atoms with Crippen molar-refractivity contribution in [2.24, 2.45) is 0 Å². The molecule has 1 aromatic heterocycles. The van der Waals surface area contributed by atoms with E-state index < -0.39 is 0 Å². The molecule has 3 rings (SSSR count). The average Bonchev–Trinajstić information content (AvgIpc) is 2.84. The monoisotopic (exact) mass is 295 g/mol. The number of nitrogens with zero attached hydrogens (tertiary/aromatic N) is 2. The van der Waals surface area contributed by atoms with Gasteiger partial charge in [0.1, 0.15) is 12.4 Å². The van der Waals surface area contributed by atoms with Crippen molar-refractivity contribution in [3.05, 3.63) is 66.0 Å². The Morgan fingerprint density at radius 3 is 2.68 bits per heavy atom. The third kappa shape index (κ3) is 3.15. The van der Waals surface area contributed by atoms with Crippen LogP contribution in [0.2, 0.25) is 0 Å². The number of carbonyl (C=O) groups is 1. The van der Waals surface area contributed by atoms with Crippen molar-refractivity contribution < 1.29 is 9.63 Å². The van der Waals surface area contributed by atoms with Gasteiger partial charge in [0.15, 0.2) is 0 Å². The maximum absolute atomic E-state index is 12.0. The van der Waals surface area contributed by atoms with Crippen molar-refractivity contribution in [1.29, 1.82) is 0 Å². The van der Waals surface area contributed by atoms with Crippen LogP contribution in [0.15, 0.2) is 54.6 Å². The highest BCUT2D eigenvalue weighted by molar-refractivity contribution is 5.80. The van der Waals surface area contributed by atoms with Gasteiger partial charge in [0.05, 0.1) is 17.6 Å². The molecule has 3 aromatic rings. The third-order valence-electron chi connectivity index (χ3n) is 3.41. The molecule has 0 aliphatic heterocycles. The van der Waals surface area contributed by atoms with Crippen LogP contribution in [0.25, 0.3) is 11.0 Å². The van der Waals surface area contributed by atoms with Crippen LogP contribution >= 0.6 is 0 Å². The normalized spacial score (nSPS) is 10.8. The van der Waals surface area contributed by atoms with Crippen molar-refractivity contribution in [2.75, 3.05) is 0 Å². The van der Waals surface area contributed by atoms with Gasteiger partial charge in [-0.25, -0.2) is 10.5 Å². The lowest BCUT2D eigenvalue weighted by Crippen LogP contribution is -2.28. The second-order valence-electron chi connectivity index (χ2n) is 5.03. The first kappa shape index (κ1) is 14.3. The van der Waals surface area contributed by atoms with E-state index in [1.165, 1.54) is 0 Å². The summed E-state index contributed by atoms with van der Waals surface area (Å²) >= 11 is 0. The molecular weight excluding hydrogens is 278 g/mol. The molecule has 0 saturated carbocycles. The summed E-state index contributed by atoms with van der Waals surface area (Å²) in [5.74, 6) is 0.599. The zero-order chi connectivity index (χ0) is 15.4. The maximum Gasteiger partial charge on any atom is 0.263 e. The molecule has 0 saturated heterocycles. The van der Waals surface area contributed by atoms with E-state index in [0.29, 0.717) is 6.61 Å². The predicted molar refractivity (Wildman–Crippen MR) is 83.8 cm³/mol. The van der Waals surface area contributed by atoms with Gasteiger partial charge >= 0.3 is 0 Å². The summed E-state index contributed by atoms with van der Waals surface area (Å²) < 4.78 is 1.87. The number of aromatic nitrogens is 2. The molecule has 2 aromatic carbocycles. The van der Waals surface area contributed by atoms with Gasteiger partial charge in [0.2, 0.25) is 0 Å². The summed E-state index contributed by atoms with van der Waals surface area (Å²) in [7, 11) is 0. The Kier molecular flexibility index (Phi) is 4.16. The number of benzene rings is 2. The first-order valence-electron chi connectivity index (χ1n) is 7.10. The molecule has 0 aliphatic rings. The van der Waals surface area contributed by atoms with Crippen molar-refractivity contribution in [3.63, 3.8) is 0 Å². The van der Waals surface area contributed by atoms with Crippen LogP contribution in [-0.4, -0.2) is 15.5 Å². The molecule has 0 aliphatic carbocycles. The van der Waals surface area contributed by atoms with E-state index in [-0.39, 0.29) is 12.5 Å². The topological polar surface area (TPSA) is 56.2 Å². The van der Waals surface area contributed by atoms with Crippen LogP contribution in [0.3, 0.4) is 0 Å². The average molecular weight is 295 g/mol. The van der Waals surface area contributed by atoms with Gasteiger partial charge in [0.25, 0.3) is 5.91 Å². The summed E-state index contributed by atoms with van der Waals surface area (Å²) in [6.45, 7) is 2.41. The van der Waals surface area contributed by atoms with Gasteiger partial charge in [-0.05, 0) is 24.6 Å². The Bertz CT molecular complexity index is 781. The lowest BCUT2D eigenvalue weighted by Gasteiger charge is -2.08. The minimum Gasteiger partial charge on any atom is -0.319 e. The third-order valence-corrected chi connectivity index (χ3v) is 3.41. The number of aryl methyl sites for hydroxylation is 1. The van der Waals surface area contributed by atoms with Crippen molar-refractivity contribution in [1.82, 2.24) is 15.0 Å². The minimum atomic E-state index is -0.206. The van der Waals surface area contributed by atoms with Crippen LogP contribution < -0.4 is 5.48 Å². The highest BCUT2D eigenvalue weighted by Crippen LogP contribution is 2.15. The number of imidazole rings is 1. The summed E-state index contributed by atoms with van der Waals surface area (Å²) in [4.78, 5) is 21.7. The number of amides is 1. The first-order chi connectivity index (χ1) is 10.7. The van der Waals surface area contributed by atoms with E-state index in [9.17, 15) is 4.79 Å². The number of hydrogen-bond donors (Lipinski definition) is 1. The quantitative estimate of drug-likeness (QED) is 0.736. The van der Waals surface area contributed by atoms with E-state index in [4.69, 9.17) is 4.84 Å². The van der Waals surface area contributed by atoms with E-state index in [2.05, 4.69) is 10.5 Å². The molecule has 0 bridgehead atoms. The molecule has 5 nitrogen and oxygen atoms in total. The van der Waals surface area contributed by atoms with E-state index in [1.54, 1.807) is 0 Å². The van der Waals surface area contributed by atoms with E-state index in [1.807, 2.05) is 66.1 Å². The highest BCUT2D eigenvalue weighted by atomic mass is 16.6. The van der Waals surface area contributed by atoms with Crippen molar-refractivity contribution in [3.8, 4) is 0 Å². The number of nitrogens with one attached hydrogen (secondary N) is 1. The number of fused-ring (bicyclic) bond motifs is 1. The van der Waals surface area contributed by atoms with E-state index >= 15 is 0 Å². The molecular formula is C17H17N3O2. The van der Waals surface area contributed by atoms with Crippen LogP contribution in [0.4, 0.5) is 0 Å². The molecule has 1 N–H and O–H groups in total. The molecule has 22 heavy (non-hydrogen) atoms. The lowest BCUT2D eigenvalue weighted by atomic mass is 10.2. The van der Waals surface area contributed by atoms with Crippen LogP contribution in [0.5, 0.6) is 0 Å². The Labute approximate surface area is 128 Å². The van der Waals surface area contributed by atoms with Crippen LogP contribution in [0.1, 0.15) is 11.4 Å². The molecule has 112 valence electrons. The summed E-state index contributed by atoms with van der Waals surface area (Å²) in [6.07, 6.45) is 0. The zero-order valence-electron chi connectivity index (χ0n) is 12.3. The van der Waals surface area contributed by atoms with Crippen LogP contribution in [-0.2, 0) is 22.8 Å². The Morgan fingerprint density at radius 1 is 1.14 bits per heavy atom. The summed E-state index contributed by atoms with van der Waals surface area (Å²) in [5.41, 5.74) is 5.31. The van der Waals surface area contributed by atoms with Crippen molar-refractivity contribution in [2.45, 2.75) is 20.1 Å². The predicted octanol–water partition coefficient (Wildman–Crippen LogP) is 2.59. The maximum atomic E-state index is 12.0. The fraction of sp³-hybridized carbons (Fsp3) is 0.176. The smallest absolute Gasteiger partial charge is 0.263 e. The fourth-order valence-electron chi connectivity index (χ4n) is 2.35. The number of carbonyl (C=O) groups excluding carboxylic acids is 1. The number of rotatable bonds is 5. The van der Waals surface area contributed by atoms with Gasteiger partial charge in [-0.2, -0.15) is 0 Å². The van der Waals surface area contributed by atoms with Gasteiger partial charge in [0, 0.05) is 0 Å². The second-order valence-corrected chi connectivity index (χ2v) is 5.03. The molecule has 0 fully saturated rings. The fourth-order valence-corrected chi connectivity index (χ4v) is 2.35.